The van der Waals surface area contributed by atoms with Crippen LogP contribution in [0, 0.1) is 0 Å². The van der Waals surface area contributed by atoms with Gasteiger partial charge in [-0.3, -0.25) is 0 Å². The lowest BCUT2D eigenvalue weighted by molar-refractivity contribution is 1.13. The van der Waals surface area contributed by atoms with Gasteiger partial charge < -0.3 is 14.0 Å². The summed E-state index contributed by atoms with van der Waals surface area (Å²) in [6.07, 6.45) is 3.59. The zero-order valence-corrected chi connectivity index (χ0v) is 29.6. The molecule has 256 valence electrons. The van der Waals surface area contributed by atoms with E-state index in [-0.39, 0.29) is 0 Å². The average molecular weight is 702 g/mol. The summed E-state index contributed by atoms with van der Waals surface area (Å²) in [5, 5.41) is 7.30. The average Bonchev–Trinajstić information content (AvgIpc) is 3.76. The second-order valence-electron chi connectivity index (χ2n) is 14.3. The summed E-state index contributed by atoms with van der Waals surface area (Å²) >= 11 is 0. The summed E-state index contributed by atoms with van der Waals surface area (Å²) in [6, 6.07) is 63.7. The summed E-state index contributed by atoms with van der Waals surface area (Å²) in [7, 11) is 0. The molecule has 4 heterocycles. The van der Waals surface area contributed by atoms with Crippen molar-refractivity contribution in [3.63, 3.8) is 0 Å². The molecule has 0 bridgehead atoms. The van der Waals surface area contributed by atoms with E-state index in [1.807, 2.05) is 6.20 Å². The van der Waals surface area contributed by atoms with Crippen molar-refractivity contribution in [3.05, 3.63) is 188 Å². The Bertz CT molecular complexity index is 3320. The monoisotopic (exact) mass is 701 g/mol. The van der Waals surface area contributed by atoms with Crippen LogP contribution in [-0.2, 0) is 0 Å². The lowest BCUT2D eigenvalue weighted by Crippen LogP contribution is -2.16. The van der Waals surface area contributed by atoms with Gasteiger partial charge in [0.2, 0.25) is 0 Å². The second-order valence-corrected chi connectivity index (χ2v) is 14.3. The van der Waals surface area contributed by atoms with Gasteiger partial charge in [0.05, 0.1) is 45.3 Å². The molecule has 11 aromatic rings. The highest BCUT2D eigenvalue weighted by atomic mass is 15.2. The molecule has 55 heavy (non-hydrogen) atoms. The second kappa shape index (κ2) is 11.5. The molecule has 5 heteroatoms. The largest absolute Gasteiger partial charge is 0.309 e. The van der Waals surface area contributed by atoms with Crippen molar-refractivity contribution in [1.29, 1.82) is 0 Å². The molecule has 0 aliphatic carbocycles. The first-order valence-electron chi connectivity index (χ1n) is 18.7. The van der Waals surface area contributed by atoms with Crippen LogP contribution in [0.15, 0.2) is 188 Å². The molecule has 0 N–H and O–H groups in total. The molecular weight excluding hydrogens is 671 g/mol. The van der Waals surface area contributed by atoms with Crippen LogP contribution in [0.2, 0.25) is 0 Å². The Balaban J connectivity index is 1.05. The fourth-order valence-corrected chi connectivity index (χ4v) is 9.01. The van der Waals surface area contributed by atoms with E-state index in [0.29, 0.717) is 0 Å². The molecule has 1 aliphatic heterocycles. The van der Waals surface area contributed by atoms with E-state index in [1.54, 1.807) is 6.33 Å². The molecule has 0 fully saturated rings. The van der Waals surface area contributed by atoms with Crippen LogP contribution in [0.1, 0.15) is 0 Å². The maximum atomic E-state index is 4.91. The number of fused-ring (bicyclic) bond motifs is 8. The van der Waals surface area contributed by atoms with Gasteiger partial charge in [-0.2, -0.15) is 0 Å². The maximum absolute atomic E-state index is 4.91. The van der Waals surface area contributed by atoms with Gasteiger partial charge in [-0.1, -0.05) is 97.1 Å². The molecule has 0 saturated heterocycles. The first kappa shape index (κ1) is 30.0. The lowest BCUT2D eigenvalue weighted by Gasteiger charge is -2.32. The molecule has 0 saturated carbocycles. The van der Waals surface area contributed by atoms with Gasteiger partial charge in [0.25, 0.3) is 0 Å². The first-order valence-corrected chi connectivity index (χ1v) is 18.7. The van der Waals surface area contributed by atoms with Crippen molar-refractivity contribution >= 4 is 71.4 Å². The third-order valence-electron chi connectivity index (χ3n) is 11.3. The van der Waals surface area contributed by atoms with E-state index in [2.05, 4.69) is 195 Å². The van der Waals surface area contributed by atoms with E-state index >= 15 is 0 Å². The van der Waals surface area contributed by atoms with Crippen LogP contribution >= 0.6 is 0 Å². The Hall–Kier alpha value is -7.50. The summed E-state index contributed by atoms with van der Waals surface area (Å²) in [6.45, 7) is 0. The smallest absolute Gasteiger partial charge is 0.116 e. The van der Waals surface area contributed by atoms with Gasteiger partial charge in [-0.05, 0) is 95.4 Å². The fraction of sp³-hybridized carbons (Fsp3) is 0. The molecule has 0 unspecified atom stereocenters. The van der Waals surface area contributed by atoms with Crippen LogP contribution in [-0.4, -0.2) is 19.1 Å². The predicted octanol–water partition coefficient (Wildman–Crippen LogP) is 12.9. The Morgan fingerprint density at radius 2 is 0.982 bits per heavy atom. The van der Waals surface area contributed by atoms with Crippen LogP contribution in [0.25, 0.3) is 88.1 Å². The van der Waals surface area contributed by atoms with Crippen molar-refractivity contribution in [2.24, 2.45) is 0 Å². The Morgan fingerprint density at radius 3 is 1.65 bits per heavy atom. The SMILES string of the molecule is c1ccc(N2c3cncnc3-c3cc(-n4c5ccccc5c5cc(-c6ccc7c(c6)c6ccccc6n7-c6ccccc6)ccc54)cc4cccc2c34)cc1. The molecule has 5 nitrogen and oxygen atoms in total. The minimum Gasteiger partial charge on any atom is -0.309 e. The maximum Gasteiger partial charge on any atom is 0.116 e. The van der Waals surface area contributed by atoms with Crippen LogP contribution in [0.5, 0.6) is 0 Å². The third kappa shape index (κ3) is 4.35. The number of benzene rings is 8. The Kier molecular flexibility index (Phi) is 6.27. The molecule has 0 spiro atoms. The van der Waals surface area contributed by atoms with Crippen molar-refractivity contribution < 1.29 is 0 Å². The lowest BCUT2D eigenvalue weighted by atomic mass is 9.93. The minimum atomic E-state index is 0.927. The number of nitrogens with zero attached hydrogens (tertiary/aromatic N) is 5. The highest BCUT2D eigenvalue weighted by Gasteiger charge is 2.28. The number of para-hydroxylation sites is 4. The first-order chi connectivity index (χ1) is 27.3. The van der Waals surface area contributed by atoms with Gasteiger partial charge in [0, 0.05) is 49.6 Å². The summed E-state index contributed by atoms with van der Waals surface area (Å²) < 4.78 is 4.78. The normalized spacial score (nSPS) is 12.3. The molecule has 0 atom stereocenters. The van der Waals surface area contributed by atoms with E-state index in [1.165, 1.54) is 71.2 Å². The Labute approximate surface area is 316 Å². The van der Waals surface area contributed by atoms with E-state index < -0.39 is 0 Å². The van der Waals surface area contributed by atoms with Crippen LogP contribution < -0.4 is 4.90 Å². The van der Waals surface area contributed by atoms with Gasteiger partial charge in [-0.15, -0.1) is 0 Å². The van der Waals surface area contributed by atoms with Gasteiger partial charge >= 0.3 is 0 Å². The van der Waals surface area contributed by atoms with Crippen molar-refractivity contribution in [3.8, 4) is 33.8 Å². The zero-order chi connectivity index (χ0) is 36.0. The van der Waals surface area contributed by atoms with E-state index in [4.69, 9.17) is 4.98 Å². The topological polar surface area (TPSA) is 38.9 Å². The van der Waals surface area contributed by atoms with Crippen LogP contribution in [0.3, 0.4) is 0 Å². The van der Waals surface area contributed by atoms with Crippen LogP contribution in [0.4, 0.5) is 17.1 Å². The minimum absolute atomic E-state index is 0.927. The molecule has 0 amide bonds. The highest BCUT2D eigenvalue weighted by molar-refractivity contribution is 6.16. The zero-order valence-electron chi connectivity index (χ0n) is 29.6. The van der Waals surface area contributed by atoms with E-state index in [0.717, 1.165) is 34.0 Å². The molecule has 0 radical (unpaired) electrons. The number of hydrogen-bond donors (Lipinski definition) is 0. The third-order valence-corrected chi connectivity index (χ3v) is 11.3. The number of aromatic nitrogens is 4. The summed E-state index contributed by atoms with van der Waals surface area (Å²) in [4.78, 5) is 11.7. The number of anilines is 3. The predicted molar refractivity (Wildman–Crippen MR) is 227 cm³/mol. The molecular formula is C50H31N5. The Morgan fingerprint density at radius 1 is 0.400 bits per heavy atom. The standard InChI is InChI=1S/C50H31N5/c1-3-13-35(14-4-1)53-43-19-9-7-17-38(43)40-27-32(22-24-45(40)53)33-23-25-46-41(28-33)39-18-8-10-20-44(39)55(46)37-26-34-12-11-21-47-49(34)42(29-37)50-48(30-51-31-52-50)54(47)36-15-5-2-6-16-36/h1-31H. The number of rotatable bonds is 4. The quantitative estimate of drug-likeness (QED) is 0.183. The van der Waals surface area contributed by atoms with Crippen molar-refractivity contribution in [1.82, 2.24) is 19.1 Å². The summed E-state index contributed by atoms with van der Waals surface area (Å²) in [5.74, 6) is 0. The number of hydrogen-bond acceptors (Lipinski definition) is 3. The summed E-state index contributed by atoms with van der Waals surface area (Å²) in [5.41, 5.74) is 14.6. The fourth-order valence-electron chi connectivity index (χ4n) is 9.01. The highest BCUT2D eigenvalue weighted by Crippen LogP contribution is 2.51. The molecule has 3 aromatic heterocycles. The molecule has 8 aromatic carbocycles. The molecule has 1 aliphatic rings. The van der Waals surface area contributed by atoms with Crippen molar-refractivity contribution in [2.45, 2.75) is 0 Å². The van der Waals surface area contributed by atoms with E-state index in [9.17, 15) is 0 Å². The van der Waals surface area contributed by atoms with Gasteiger partial charge in [-0.25, -0.2) is 9.97 Å². The van der Waals surface area contributed by atoms with Gasteiger partial charge in [0.1, 0.15) is 6.33 Å². The van der Waals surface area contributed by atoms with Gasteiger partial charge in [0.15, 0.2) is 0 Å². The molecule has 12 rings (SSSR count). The van der Waals surface area contributed by atoms with Crippen molar-refractivity contribution in [2.75, 3.05) is 4.90 Å².